The van der Waals surface area contributed by atoms with Crippen molar-refractivity contribution < 1.29 is 18.7 Å². The van der Waals surface area contributed by atoms with Crippen LogP contribution in [0.15, 0.2) is 24.3 Å². The van der Waals surface area contributed by atoms with Gasteiger partial charge in [0.2, 0.25) is 0 Å². The first kappa shape index (κ1) is 15.9. The molecule has 1 fully saturated rings. The summed E-state index contributed by atoms with van der Waals surface area (Å²) in [6.45, 7) is -0.280. The van der Waals surface area contributed by atoms with E-state index in [9.17, 15) is 14.0 Å². The van der Waals surface area contributed by atoms with Gasteiger partial charge in [0.1, 0.15) is 10.7 Å². The lowest BCUT2D eigenvalue weighted by Gasteiger charge is -2.22. The van der Waals surface area contributed by atoms with Crippen LogP contribution >= 0.6 is 11.3 Å². The molecule has 0 spiro atoms. The van der Waals surface area contributed by atoms with E-state index in [0.717, 1.165) is 30.4 Å². The van der Waals surface area contributed by atoms with Crippen molar-refractivity contribution in [2.45, 2.75) is 38.1 Å². The summed E-state index contributed by atoms with van der Waals surface area (Å²) >= 11 is 1.23. The van der Waals surface area contributed by atoms with Crippen molar-refractivity contribution in [2.24, 2.45) is 0 Å². The van der Waals surface area contributed by atoms with Crippen LogP contribution in [0.1, 0.15) is 41.8 Å². The molecule has 1 heterocycles. The van der Waals surface area contributed by atoms with Crippen LogP contribution in [0.3, 0.4) is 0 Å². The minimum absolute atomic E-state index is 0.197. The fourth-order valence-corrected chi connectivity index (χ4v) is 3.77. The molecular formula is C17H18FNO3S. The molecule has 1 aliphatic carbocycles. The number of hydrogen-bond acceptors (Lipinski definition) is 4. The third-order valence-corrected chi connectivity index (χ3v) is 5.08. The van der Waals surface area contributed by atoms with Gasteiger partial charge in [-0.1, -0.05) is 19.3 Å². The Balaban J connectivity index is 1.54. The Labute approximate surface area is 137 Å². The van der Waals surface area contributed by atoms with E-state index in [4.69, 9.17) is 4.74 Å². The van der Waals surface area contributed by atoms with Crippen LogP contribution in [0, 0.1) is 5.82 Å². The van der Waals surface area contributed by atoms with Gasteiger partial charge in [-0.15, -0.1) is 11.3 Å². The first-order valence-corrected chi connectivity index (χ1v) is 8.59. The number of hydrogen-bond donors (Lipinski definition) is 1. The maximum atomic E-state index is 13.2. The molecule has 23 heavy (non-hydrogen) atoms. The highest BCUT2D eigenvalue weighted by Crippen LogP contribution is 2.26. The number of rotatable bonds is 4. The van der Waals surface area contributed by atoms with Crippen LogP contribution in [-0.4, -0.2) is 24.5 Å². The van der Waals surface area contributed by atoms with Crippen LogP contribution < -0.4 is 5.32 Å². The zero-order valence-corrected chi connectivity index (χ0v) is 13.5. The van der Waals surface area contributed by atoms with E-state index in [-0.39, 0.29) is 24.4 Å². The molecule has 1 aromatic carbocycles. The molecule has 3 rings (SSSR count). The smallest absolute Gasteiger partial charge is 0.348 e. The van der Waals surface area contributed by atoms with E-state index >= 15 is 0 Å². The molecule has 122 valence electrons. The number of amides is 1. The third-order valence-electron chi connectivity index (χ3n) is 3.98. The number of thiophene rings is 1. The van der Waals surface area contributed by atoms with Gasteiger partial charge in [-0.25, -0.2) is 9.18 Å². The summed E-state index contributed by atoms with van der Waals surface area (Å²) in [7, 11) is 0. The molecule has 1 amide bonds. The Morgan fingerprint density at radius 3 is 2.78 bits per heavy atom. The highest BCUT2D eigenvalue weighted by Gasteiger charge is 2.18. The predicted molar refractivity (Wildman–Crippen MR) is 87.1 cm³/mol. The third kappa shape index (κ3) is 4.07. The molecule has 4 nitrogen and oxygen atoms in total. The van der Waals surface area contributed by atoms with E-state index in [1.165, 1.54) is 29.9 Å². The monoisotopic (exact) mass is 335 g/mol. The van der Waals surface area contributed by atoms with Crippen LogP contribution in [0.25, 0.3) is 10.1 Å². The molecule has 6 heteroatoms. The number of ether oxygens (including phenoxy) is 1. The van der Waals surface area contributed by atoms with Gasteiger partial charge in [0.15, 0.2) is 6.61 Å². The molecule has 0 radical (unpaired) electrons. The summed E-state index contributed by atoms with van der Waals surface area (Å²) in [6.07, 6.45) is 5.45. The molecule has 2 aromatic rings. The second-order valence-corrected chi connectivity index (χ2v) is 6.86. The van der Waals surface area contributed by atoms with Crippen molar-refractivity contribution in [1.82, 2.24) is 5.32 Å². The van der Waals surface area contributed by atoms with Gasteiger partial charge in [-0.3, -0.25) is 4.79 Å². The van der Waals surface area contributed by atoms with Gasteiger partial charge in [-0.2, -0.15) is 0 Å². The normalized spacial score (nSPS) is 15.5. The quantitative estimate of drug-likeness (QED) is 0.868. The zero-order valence-electron chi connectivity index (χ0n) is 12.6. The average Bonchev–Trinajstić information content (AvgIpc) is 2.96. The highest BCUT2D eigenvalue weighted by molar-refractivity contribution is 7.20. The Morgan fingerprint density at radius 1 is 1.22 bits per heavy atom. The predicted octanol–water partition coefficient (Wildman–Crippen LogP) is 3.65. The number of fused-ring (bicyclic) bond motifs is 1. The van der Waals surface area contributed by atoms with Gasteiger partial charge in [-0.05, 0) is 42.5 Å². The highest BCUT2D eigenvalue weighted by atomic mass is 32.1. The van der Waals surface area contributed by atoms with Crippen molar-refractivity contribution in [2.75, 3.05) is 6.61 Å². The van der Waals surface area contributed by atoms with Gasteiger partial charge >= 0.3 is 5.97 Å². The summed E-state index contributed by atoms with van der Waals surface area (Å²) in [6, 6.07) is 6.14. The molecule has 0 aliphatic heterocycles. The number of carbonyl (C=O) groups excluding carboxylic acids is 2. The fraction of sp³-hybridized carbons (Fsp3) is 0.412. The van der Waals surface area contributed by atoms with E-state index in [2.05, 4.69) is 5.32 Å². The Kier molecular flexibility index (Phi) is 4.91. The molecule has 0 atom stereocenters. The largest absolute Gasteiger partial charge is 0.451 e. The molecule has 0 unspecified atom stereocenters. The second kappa shape index (κ2) is 7.08. The Hall–Kier alpha value is -1.95. The molecule has 1 aliphatic rings. The number of benzene rings is 1. The van der Waals surface area contributed by atoms with Crippen LogP contribution in [0.5, 0.6) is 0 Å². The summed E-state index contributed by atoms with van der Waals surface area (Å²) in [5.74, 6) is -1.16. The molecule has 0 bridgehead atoms. The Bertz CT molecular complexity index is 722. The van der Waals surface area contributed by atoms with Crippen LogP contribution in [0.2, 0.25) is 0 Å². The van der Waals surface area contributed by atoms with E-state index < -0.39 is 5.97 Å². The van der Waals surface area contributed by atoms with Crippen molar-refractivity contribution in [3.05, 3.63) is 35.0 Å². The first-order chi connectivity index (χ1) is 11.1. The minimum Gasteiger partial charge on any atom is -0.451 e. The first-order valence-electron chi connectivity index (χ1n) is 7.77. The van der Waals surface area contributed by atoms with Crippen molar-refractivity contribution in [3.63, 3.8) is 0 Å². The zero-order chi connectivity index (χ0) is 16.2. The van der Waals surface area contributed by atoms with Crippen molar-refractivity contribution in [3.8, 4) is 0 Å². The summed E-state index contributed by atoms with van der Waals surface area (Å²) < 4.78 is 19.0. The number of nitrogens with one attached hydrogen (secondary N) is 1. The van der Waals surface area contributed by atoms with E-state index in [1.54, 1.807) is 12.1 Å². The molecular weight excluding hydrogens is 317 g/mol. The molecule has 1 aromatic heterocycles. The molecule has 1 saturated carbocycles. The maximum absolute atomic E-state index is 13.2. The number of halogens is 1. The summed E-state index contributed by atoms with van der Waals surface area (Å²) in [5.41, 5.74) is 0. The fourth-order valence-electron chi connectivity index (χ4n) is 2.83. The Morgan fingerprint density at radius 2 is 2.00 bits per heavy atom. The standard InChI is InChI=1S/C17H18FNO3S/c18-12-6-7-14-11(8-12)9-15(23-14)17(21)22-10-16(20)19-13-4-2-1-3-5-13/h6-9,13H,1-5,10H2,(H,19,20). The van der Waals surface area contributed by atoms with Crippen molar-refractivity contribution in [1.29, 1.82) is 0 Å². The SMILES string of the molecule is O=C(COC(=O)c1cc2cc(F)ccc2s1)NC1CCCCC1. The van der Waals surface area contributed by atoms with Crippen molar-refractivity contribution >= 4 is 33.3 Å². The average molecular weight is 335 g/mol. The van der Waals surface area contributed by atoms with Gasteiger partial charge in [0, 0.05) is 10.7 Å². The summed E-state index contributed by atoms with van der Waals surface area (Å²) in [5, 5.41) is 3.56. The van der Waals surface area contributed by atoms with E-state index in [0.29, 0.717) is 10.3 Å². The van der Waals surface area contributed by atoms with Gasteiger partial charge < -0.3 is 10.1 Å². The lowest BCUT2D eigenvalue weighted by Crippen LogP contribution is -2.38. The lowest BCUT2D eigenvalue weighted by atomic mass is 9.95. The minimum atomic E-state index is -0.551. The molecule has 0 saturated heterocycles. The number of carbonyl (C=O) groups is 2. The maximum Gasteiger partial charge on any atom is 0.348 e. The van der Waals surface area contributed by atoms with Gasteiger partial charge in [0.25, 0.3) is 5.91 Å². The van der Waals surface area contributed by atoms with E-state index in [1.807, 2.05) is 0 Å². The topological polar surface area (TPSA) is 55.4 Å². The molecule has 1 N–H and O–H groups in total. The lowest BCUT2D eigenvalue weighted by molar-refractivity contribution is -0.125. The number of esters is 1. The van der Waals surface area contributed by atoms with Crippen LogP contribution in [-0.2, 0) is 9.53 Å². The second-order valence-electron chi connectivity index (χ2n) is 5.77. The van der Waals surface area contributed by atoms with Gasteiger partial charge in [0.05, 0.1) is 0 Å². The van der Waals surface area contributed by atoms with Crippen LogP contribution in [0.4, 0.5) is 4.39 Å². The summed E-state index contributed by atoms with van der Waals surface area (Å²) in [4.78, 5) is 24.2.